The van der Waals surface area contributed by atoms with E-state index in [1.54, 1.807) is 0 Å². The third-order valence-electron chi connectivity index (χ3n) is 4.58. The van der Waals surface area contributed by atoms with Gasteiger partial charge in [-0.15, -0.1) is 12.4 Å². The second-order valence-electron chi connectivity index (χ2n) is 6.02. The highest BCUT2D eigenvalue weighted by atomic mass is 35.5. The Morgan fingerprint density at radius 1 is 1.19 bits per heavy atom. The van der Waals surface area contributed by atoms with E-state index < -0.39 is 5.54 Å². The van der Waals surface area contributed by atoms with Crippen LogP contribution in [0.3, 0.4) is 0 Å². The van der Waals surface area contributed by atoms with Crippen molar-refractivity contribution in [2.75, 3.05) is 13.2 Å². The third kappa shape index (κ3) is 3.57. The van der Waals surface area contributed by atoms with Crippen molar-refractivity contribution in [3.05, 3.63) is 35.9 Å². The molecule has 0 unspecified atom stereocenters. The lowest BCUT2D eigenvalue weighted by atomic mass is 9.75. The van der Waals surface area contributed by atoms with Gasteiger partial charge in [0.1, 0.15) is 0 Å². The minimum Gasteiger partial charge on any atom is -0.381 e. The first-order valence-electron chi connectivity index (χ1n) is 7.40. The van der Waals surface area contributed by atoms with E-state index in [1.165, 1.54) is 5.56 Å². The minimum atomic E-state index is -0.726. The van der Waals surface area contributed by atoms with Crippen molar-refractivity contribution in [2.24, 2.45) is 5.73 Å². The second kappa shape index (κ2) is 6.77. The van der Waals surface area contributed by atoms with E-state index in [0.717, 1.165) is 12.8 Å². The molecule has 1 amide bonds. The quantitative estimate of drug-likeness (QED) is 0.897. The monoisotopic (exact) mass is 310 g/mol. The van der Waals surface area contributed by atoms with Crippen LogP contribution >= 0.6 is 12.4 Å². The van der Waals surface area contributed by atoms with Gasteiger partial charge in [0.15, 0.2) is 0 Å². The maximum atomic E-state index is 12.3. The molecule has 4 nitrogen and oxygen atoms in total. The van der Waals surface area contributed by atoms with Crippen molar-refractivity contribution in [1.29, 1.82) is 0 Å². The van der Waals surface area contributed by atoms with E-state index in [-0.39, 0.29) is 24.4 Å². The lowest BCUT2D eigenvalue weighted by Crippen LogP contribution is -2.60. The topological polar surface area (TPSA) is 64.4 Å². The predicted octanol–water partition coefficient (Wildman–Crippen LogP) is 1.98. The van der Waals surface area contributed by atoms with E-state index in [2.05, 4.69) is 29.6 Å². The van der Waals surface area contributed by atoms with Gasteiger partial charge in [-0.25, -0.2) is 0 Å². The summed E-state index contributed by atoms with van der Waals surface area (Å²) >= 11 is 0. The van der Waals surface area contributed by atoms with Crippen LogP contribution in [0.5, 0.6) is 0 Å². The largest absolute Gasteiger partial charge is 0.381 e. The standard InChI is InChI=1S/C16H22N2O2.ClH/c17-16(6-8-20-9-7-16)15(19)18-14-10-13(11-14)12-4-2-1-3-5-12;/h1-5,13-14H,6-11,17H2,(H,18,19);1H. The molecule has 21 heavy (non-hydrogen) atoms. The van der Waals surface area contributed by atoms with Crippen LogP contribution in [0.1, 0.15) is 37.2 Å². The number of amides is 1. The SMILES string of the molecule is Cl.NC1(C(=O)NC2CC(c3ccccc3)C2)CCOCC1. The van der Waals surface area contributed by atoms with Gasteiger partial charge in [0, 0.05) is 19.3 Å². The molecule has 1 saturated heterocycles. The summed E-state index contributed by atoms with van der Waals surface area (Å²) in [7, 11) is 0. The molecular weight excluding hydrogens is 288 g/mol. The molecule has 2 fully saturated rings. The second-order valence-corrected chi connectivity index (χ2v) is 6.02. The van der Waals surface area contributed by atoms with Crippen molar-refractivity contribution >= 4 is 18.3 Å². The molecule has 0 bridgehead atoms. The average Bonchev–Trinajstić information content (AvgIpc) is 2.44. The van der Waals surface area contributed by atoms with Gasteiger partial charge < -0.3 is 15.8 Å². The molecule has 116 valence electrons. The number of hydrogen-bond acceptors (Lipinski definition) is 3. The number of rotatable bonds is 3. The van der Waals surface area contributed by atoms with Gasteiger partial charge in [0.05, 0.1) is 5.54 Å². The Morgan fingerprint density at radius 3 is 2.43 bits per heavy atom. The Labute approximate surface area is 131 Å². The first-order valence-corrected chi connectivity index (χ1v) is 7.40. The number of nitrogens with two attached hydrogens (primary N) is 1. The van der Waals surface area contributed by atoms with Crippen LogP contribution in [0, 0.1) is 0 Å². The van der Waals surface area contributed by atoms with Crippen molar-refractivity contribution in [1.82, 2.24) is 5.32 Å². The summed E-state index contributed by atoms with van der Waals surface area (Å²) in [4.78, 5) is 12.3. The Balaban J connectivity index is 0.00000161. The molecule has 0 spiro atoms. The average molecular weight is 311 g/mol. The van der Waals surface area contributed by atoms with Crippen molar-refractivity contribution in [3.8, 4) is 0 Å². The van der Waals surface area contributed by atoms with Gasteiger partial charge in [-0.3, -0.25) is 4.79 Å². The van der Waals surface area contributed by atoms with E-state index in [1.807, 2.05) is 6.07 Å². The number of hydrogen-bond donors (Lipinski definition) is 2. The summed E-state index contributed by atoms with van der Waals surface area (Å²) in [5, 5.41) is 3.11. The first-order chi connectivity index (χ1) is 9.67. The van der Waals surface area contributed by atoms with Gasteiger partial charge in [-0.2, -0.15) is 0 Å². The molecule has 1 heterocycles. The molecule has 1 aromatic carbocycles. The van der Waals surface area contributed by atoms with Gasteiger partial charge in [-0.1, -0.05) is 30.3 Å². The van der Waals surface area contributed by atoms with Crippen LogP contribution in [0.25, 0.3) is 0 Å². The van der Waals surface area contributed by atoms with Gasteiger partial charge in [0.2, 0.25) is 5.91 Å². The number of ether oxygens (including phenoxy) is 1. The molecule has 1 aliphatic heterocycles. The van der Waals surface area contributed by atoms with Gasteiger partial charge >= 0.3 is 0 Å². The molecular formula is C16H23ClN2O2. The van der Waals surface area contributed by atoms with Crippen LogP contribution in [-0.4, -0.2) is 30.7 Å². The molecule has 0 radical (unpaired) electrons. The van der Waals surface area contributed by atoms with Crippen LogP contribution in [-0.2, 0) is 9.53 Å². The highest BCUT2D eigenvalue weighted by Gasteiger charge is 2.39. The van der Waals surface area contributed by atoms with E-state index in [0.29, 0.717) is 32.0 Å². The molecule has 1 saturated carbocycles. The summed E-state index contributed by atoms with van der Waals surface area (Å²) in [5.74, 6) is 0.572. The van der Waals surface area contributed by atoms with Crippen molar-refractivity contribution in [2.45, 2.75) is 43.2 Å². The smallest absolute Gasteiger partial charge is 0.240 e. The maximum absolute atomic E-state index is 12.3. The molecule has 3 N–H and O–H groups in total. The Hall–Kier alpha value is -1.10. The summed E-state index contributed by atoms with van der Waals surface area (Å²) in [5.41, 5.74) is 6.82. The number of carbonyl (C=O) groups is 1. The zero-order valence-corrected chi connectivity index (χ0v) is 12.9. The lowest BCUT2D eigenvalue weighted by molar-refractivity contribution is -0.131. The number of carbonyl (C=O) groups excluding carboxylic acids is 1. The van der Waals surface area contributed by atoms with Crippen molar-refractivity contribution in [3.63, 3.8) is 0 Å². The Morgan fingerprint density at radius 2 is 1.81 bits per heavy atom. The number of nitrogens with one attached hydrogen (secondary N) is 1. The third-order valence-corrected chi connectivity index (χ3v) is 4.58. The van der Waals surface area contributed by atoms with E-state index in [4.69, 9.17) is 10.5 Å². The van der Waals surface area contributed by atoms with Crippen LogP contribution in [0.2, 0.25) is 0 Å². The zero-order valence-electron chi connectivity index (χ0n) is 12.1. The Bertz CT molecular complexity index is 468. The molecule has 2 aliphatic rings. The molecule has 1 aliphatic carbocycles. The van der Waals surface area contributed by atoms with Gasteiger partial charge in [0.25, 0.3) is 0 Å². The highest BCUT2D eigenvalue weighted by molar-refractivity contribution is 5.86. The van der Waals surface area contributed by atoms with Crippen LogP contribution in [0.4, 0.5) is 0 Å². The fraction of sp³-hybridized carbons (Fsp3) is 0.562. The molecule has 5 heteroatoms. The summed E-state index contributed by atoms with van der Waals surface area (Å²) in [6.07, 6.45) is 3.27. The fourth-order valence-corrected chi connectivity index (χ4v) is 3.02. The lowest BCUT2D eigenvalue weighted by Gasteiger charge is -2.39. The normalized spacial score (nSPS) is 27.1. The predicted molar refractivity (Wildman–Crippen MR) is 84.6 cm³/mol. The van der Waals surface area contributed by atoms with Crippen LogP contribution < -0.4 is 11.1 Å². The minimum absolute atomic E-state index is 0. The van der Waals surface area contributed by atoms with E-state index >= 15 is 0 Å². The van der Waals surface area contributed by atoms with Crippen LogP contribution in [0.15, 0.2) is 30.3 Å². The molecule has 3 rings (SSSR count). The zero-order chi connectivity index (χ0) is 14.0. The molecule has 1 aromatic rings. The summed E-state index contributed by atoms with van der Waals surface area (Å²) in [6, 6.07) is 10.8. The first kappa shape index (κ1) is 16.3. The highest BCUT2D eigenvalue weighted by Crippen LogP contribution is 2.37. The fourth-order valence-electron chi connectivity index (χ4n) is 3.02. The summed E-state index contributed by atoms with van der Waals surface area (Å²) < 4.78 is 5.28. The number of halogens is 1. The maximum Gasteiger partial charge on any atom is 0.240 e. The van der Waals surface area contributed by atoms with Crippen molar-refractivity contribution < 1.29 is 9.53 Å². The van der Waals surface area contributed by atoms with E-state index in [9.17, 15) is 4.79 Å². The molecule has 0 atom stereocenters. The number of benzene rings is 1. The Kier molecular flexibility index (Phi) is 5.25. The summed E-state index contributed by atoms with van der Waals surface area (Å²) in [6.45, 7) is 1.17. The van der Waals surface area contributed by atoms with Gasteiger partial charge in [-0.05, 0) is 37.2 Å². The molecule has 0 aromatic heterocycles.